The molecule has 2 aromatic carbocycles. The number of likely N-dealkylation sites (tertiary alicyclic amines) is 1. The Labute approximate surface area is 235 Å². The van der Waals surface area contributed by atoms with Crippen LogP contribution in [0.1, 0.15) is 73.2 Å². The number of fused-ring (bicyclic) bond motifs is 1. The Bertz CT molecular complexity index is 1320. The molecule has 0 unspecified atom stereocenters. The third kappa shape index (κ3) is 8.45. The highest BCUT2D eigenvalue weighted by Gasteiger charge is 2.44. The maximum absolute atomic E-state index is 13.8. The second kappa shape index (κ2) is 12.7. The van der Waals surface area contributed by atoms with Crippen LogP contribution in [0.25, 0.3) is 0 Å². The average Bonchev–Trinajstić information content (AvgIpc) is 3.16. The summed E-state index contributed by atoms with van der Waals surface area (Å²) in [5.74, 6) is -1.02. The summed E-state index contributed by atoms with van der Waals surface area (Å²) in [6.07, 6.45) is -4.54. The SMILES string of the molecule is O=C(C[C@H](NS(=O)(=O)c1cccc(C(F)(F)F)c1)C(F)(F)F)N[C@@H]1CCCc2cc(CN3CCCCCC3)ccc21. The molecule has 0 radical (unpaired) electrons. The Kier molecular flexibility index (Phi) is 9.70. The molecule has 13 heteroatoms. The number of amides is 1. The number of rotatable bonds is 8. The first-order valence-corrected chi connectivity index (χ1v) is 15.1. The Morgan fingerprint density at radius 1 is 0.951 bits per heavy atom. The van der Waals surface area contributed by atoms with Crippen molar-refractivity contribution in [2.75, 3.05) is 13.1 Å². The molecule has 0 aromatic heterocycles. The molecule has 2 atom stereocenters. The third-order valence-electron chi connectivity index (χ3n) is 7.52. The van der Waals surface area contributed by atoms with Crippen molar-refractivity contribution in [2.45, 2.75) is 87.2 Å². The van der Waals surface area contributed by atoms with Crippen molar-refractivity contribution < 1.29 is 39.6 Å². The van der Waals surface area contributed by atoms with E-state index in [0.717, 1.165) is 74.1 Å². The standard InChI is InChI=1S/C28H33F6N3O3S/c29-27(30,31)21-8-6-9-22(16-21)41(39,40)36-25(28(32,33)34)17-26(38)35-24-10-5-7-20-15-19(11-12-23(20)24)18-37-13-3-1-2-4-14-37/h6,8-9,11-12,15-16,24-25,36H,1-5,7,10,13-14,17-18H2,(H,35,38)/t24-,25+/m1/s1. The summed E-state index contributed by atoms with van der Waals surface area (Å²) in [5.41, 5.74) is 1.65. The van der Waals surface area contributed by atoms with E-state index < -0.39 is 57.2 Å². The first kappa shape index (κ1) is 31.3. The summed E-state index contributed by atoms with van der Waals surface area (Å²) in [7, 11) is -5.03. The summed E-state index contributed by atoms with van der Waals surface area (Å²) in [6.45, 7) is 2.88. The molecule has 1 aliphatic heterocycles. The second-order valence-corrected chi connectivity index (χ2v) is 12.4. The highest BCUT2D eigenvalue weighted by atomic mass is 32.2. The molecule has 41 heavy (non-hydrogen) atoms. The predicted molar refractivity (Wildman–Crippen MR) is 140 cm³/mol. The van der Waals surface area contributed by atoms with Crippen molar-refractivity contribution in [3.8, 4) is 0 Å². The lowest BCUT2D eigenvalue weighted by Crippen LogP contribution is -2.48. The lowest BCUT2D eigenvalue weighted by Gasteiger charge is -2.29. The summed E-state index contributed by atoms with van der Waals surface area (Å²) >= 11 is 0. The van der Waals surface area contributed by atoms with Gasteiger partial charge in [0.15, 0.2) is 0 Å². The van der Waals surface area contributed by atoms with Crippen molar-refractivity contribution in [1.29, 1.82) is 0 Å². The van der Waals surface area contributed by atoms with Gasteiger partial charge in [-0.3, -0.25) is 9.69 Å². The zero-order valence-electron chi connectivity index (χ0n) is 22.3. The topological polar surface area (TPSA) is 78.5 Å². The maximum atomic E-state index is 13.8. The summed E-state index contributed by atoms with van der Waals surface area (Å²) in [6, 6.07) is 4.97. The Morgan fingerprint density at radius 2 is 1.66 bits per heavy atom. The zero-order valence-corrected chi connectivity index (χ0v) is 23.1. The van der Waals surface area contributed by atoms with E-state index in [-0.39, 0.29) is 6.07 Å². The average molecular weight is 606 g/mol. The molecular formula is C28H33F6N3O3S. The van der Waals surface area contributed by atoms with E-state index in [1.165, 1.54) is 17.6 Å². The lowest BCUT2D eigenvalue weighted by atomic mass is 9.86. The normalized spacial score (nSPS) is 19.7. The van der Waals surface area contributed by atoms with Crippen LogP contribution < -0.4 is 10.0 Å². The van der Waals surface area contributed by atoms with Crippen molar-refractivity contribution in [2.24, 2.45) is 0 Å². The Hall–Kier alpha value is -2.64. The van der Waals surface area contributed by atoms with Crippen LogP contribution >= 0.6 is 0 Å². The van der Waals surface area contributed by atoms with Gasteiger partial charge >= 0.3 is 12.4 Å². The molecule has 0 saturated carbocycles. The number of nitrogens with one attached hydrogen (secondary N) is 2. The molecule has 226 valence electrons. The van der Waals surface area contributed by atoms with Crippen LogP contribution in [0, 0.1) is 0 Å². The molecule has 2 aliphatic rings. The quantitative estimate of drug-likeness (QED) is 0.369. The molecule has 0 bridgehead atoms. The van der Waals surface area contributed by atoms with E-state index in [2.05, 4.69) is 16.3 Å². The van der Waals surface area contributed by atoms with Crippen LogP contribution in [0.5, 0.6) is 0 Å². The fraction of sp³-hybridized carbons (Fsp3) is 0.536. The van der Waals surface area contributed by atoms with E-state index in [9.17, 15) is 39.6 Å². The van der Waals surface area contributed by atoms with Crippen LogP contribution in [-0.2, 0) is 34.0 Å². The molecular weight excluding hydrogens is 572 g/mol. The van der Waals surface area contributed by atoms with E-state index in [4.69, 9.17) is 0 Å². The number of carbonyl (C=O) groups is 1. The number of alkyl halides is 6. The number of benzene rings is 2. The third-order valence-corrected chi connectivity index (χ3v) is 8.98. The Balaban J connectivity index is 1.44. The lowest BCUT2D eigenvalue weighted by molar-refractivity contribution is -0.158. The largest absolute Gasteiger partial charge is 0.416 e. The van der Waals surface area contributed by atoms with Crippen molar-refractivity contribution in [3.63, 3.8) is 0 Å². The molecule has 1 aliphatic carbocycles. The van der Waals surface area contributed by atoms with Crippen molar-refractivity contribution in [1.82, 2.24) is 14.9 Å². The van der Waals surface area contributed by atoms with Gasteiger partial charge in [-0.15, -0.1) is 0 Å². The van der Waals surface area contributed by atoms with Gasteiger partial charge in [0.1, 0.15) is 6.04 Å². The smallest absolute Gasteiger partial charge is 0.349 e. The number of hydrogen-bond donors (Lipinski definition) is 2. The molecule has 2 N–H and O–H groups in total. The van der Waals surface area contributed by atoms with E-state index in [1.54, 1.807) is 0 Å². The van der Waals surface area contributed by atoms with Gasteiger partial charge in [0.05, 0.1) is 22.9 Å². The molecule has 1 heterocycles. The Morgan fingerprint density at radius 3 is 2.32 bits per heavy atom. The van der Waals surface area contributed by atoms with Crippen molar-refractivity contribution in [3.05, 3.63) is 64.7 Å². The fourth-order valence-electron chi connectivity index (χ4n) is 5.43. The van der Waals surface area contributed by atoms with Gasteiger partial charge in [0.2, 0.25) is 15.9 Å². The number of hydrogen-bond acceptors (Lipinski definition) is 4. The molecule has 1 amide bonds. The van der Waals surface area contributed by atoms with E-state index in [1.807, 2.05) is 12.1 Å². The van der Waals surface area contributed by atoms with Gasteiger partial charge in [0, 0.05) is 6.54 Å². The molecule has 1 fully saturated rings. The van der Waals surface area contributed by atoms with Crippen LogP contribution in [0.3, 0.4) is 0 Å². The van der Waals surface area contributed by atoms with Crippen molar-refractivity contribution >= 4 is 15.9 Å². The molecule has 6 nitrogen and oxygen atoms in total. The highest BCUT2D eigenvalue weighted by Crippen LogP contribution is 2.33. The van der Waals surface area contributed by atoms with Gasteiger partial charge in [-0.1, -0.05) is 37.1 Å². The van der Waals surface area contributed by atoms with E-state index >= 15 is 0 Å². The van der Waals surface area contributed by atoms with Crippen LogP contribution in [0.4, 0.5) is 26.3 Å². The van der Waals surface area contributed by atoms with Gasteiger partial charge in [-0.2, -0.15) is 31.1 Å². The molecule has 2 aromatic rings. The predicted octanol–water partition coefficient (Wildman–Crippen LogP) is 5.87. The van der Waals surface area contributed by atoms with Gasteiger partial charge in [0.25, 0.3) is 0 Å². The van der Waals surface area contributed by atoms with Crippen LogP contribution in [0.15, 0.2) is 47.4 Å². The molecule has 1 saturated heterocycles. The van der Waals surface area contributed by atoms with Gasteiger partial charge in [-0.25, -0.2) is 8.42 Å². The number of sulfonamides is 1. The number of carbonyl (C=O) groups excluding carboxylic acids is 1. The zero-order chi connectivity index (χ0) is 29.8. The second-order valence-electron chi connectivity index (χ2n) is 10.7. The molecule has 4 rings (SSSR count). The summed E-state index contributed by atoms with van der Waals surface area (Å²) in [4.78, 5) is 14.2. The monoisotopic (exact) mass is 605 g/mol. The highest BCUT2D eigenvalue weighted by molar-refractivity contribution is 7.89. The minimum absolute atomic E-state index is 0.246. The number of halogens is 6. The fourth-order valence-corrected chi connectivity index (χ4v) is 6.69. The number of aryl methyl sites for hydroxylation is 1. The summed E-state index contributed by atoms with van der Waals surface area (Å²) in [5, 5.41) is 2.61. The van der Waals surface area contributed by atoms with Gasteiger partial charge in [-0.05, 0) is 80.1 Å². The summed E-state index contributed by atoms with van der Waals surface area (Å²) < 4.78 is 107. The molecule has 0 spiro atoms. The first-order chi connectivity index (χ1) is 19.2. The minimum atomic E-state index is -5.17. The first-order valence-electron chi connectivity index (χ1n) is 13.6. The minimum Gasteiger partial charge on any atom is -0.349 e. The van der Waals surface area contributed by atoms with E-state index in [0.29, 0.717) is 12.5 Å². The van der Waals surface area contributed by atoms with Gasteiger partial charge < -0.3 is 5.32 Å². The van der Waals surface area contributed by atoms with Crippen LogP contribution in [0.2, 0.25) is 0 Å². The number of nitrogens with zero attached hydrogens (tertiary/aromatic N) is 1. The van der Waals surface area contributed by atoms with Crippen LogP contribution in [-0.4, -0.2) is 44.5 Å². The maximum Gasteiger partial charge on any atom is 0.416 e.